The zero-order valence-electron chi connectivity index (χ0n) is 27.3. The summed E-state index contributed by atoms with van der Waals surface area (Å²) in [7, 11) is 0. The Kier molecular flexibility index (Phi) is 8.03. The molecule has 11 heteroatoms. The van der Waals surface area contributed by atoms with Gasteiger partial charge in [0.25, 0.3) is 0 Å². The van der Waals surface area contributed by atoms with Gasteiger partial charge in [0, 0.05) is 27.5 Å². The molecule has 5 nitrogen and oxygen atoms in total. The summed E-state index contributed by atoms with van der Waals surface area (Å²) in [6.07, 6.45) is -10.1. The number of rotatable bonds is 5. The van der Waals surface area contributed by atoms with Gasteiger partial charge >= 0.3 is 12.4 Å². The summed E-state index contributed by atoms with van der Waals surface area (Å²) >= 11 is 0. The third-order valence-corrected chi connectivity index (χ3v) is 8.90. The molecule has 0 aliphatic heterocycles. The Hall–Kier alpha value is -6.80. The molecule has 6 aromatic carbocycles. The minimum Gasteiger partial charge on any atom is -0.308 e. The Morgan fingerprint density at radius 2 is 1.02 bits per heavy atom. The van der Waals surface area contributed by atoms with E-state index < -0.39 is 23.5 Å². The normalized spacial score (nSPS) is 11.9. The van der Waals surface area contributed by atoms with Crippen LogP contribution in [0.4, 0.5) is 26.3 Å². The third-order valence-electron chi connectivity index (χ3n) is 8.90. The second-order valence-corrected chi connectivity index (χ2v) is 12.3. The molecule has 53 heavy (non-hydrogen) atoms. The van der Waals surface area contributed by atoms with E-state index in [1.54, 1.807) is 30.3 Å². The molecular formula is C42H23F6N5. The zero-order chi connectivity index (χ0) is 36.9. The first-order valence-corrected chi connectivity index (χ1v) is 16.2. The Morgan fingerprint density at radius 1 is 0.472 bits per heavy atom. The van der Waals surface area contributed by atoms with Crippen LogP contribution in [0.25, 0.3) is 72.8 Å². The number of benzene rings is 6. The second-order valence-electron chi connectivity index (χ2n) is 12.3. The summed E-state index contributed by atoms with van der Waals surface area (Å²) in [5, 5.41) is 11.2. The lowest BCUT2D eigenvalue weighted by atomic mass is 9.97. The maximum Gasteiger partial charge on any atom is 0.416 e. The van der Waals surface area contributed by atoms with E-state index in [2.05, 4.69) is 6.07 Å². The molecule has 0 spiro atoms. The standard InChI is InChI=1S/C42H23F6N5/c43-41(44,45)30-20-29(21-31(23-30)42(46,47)48)28-16-17-33(37(22-28)53-35-14-8-7-13-32(35)34-19-25(24-49)15-18-36(34)53)40-51-38(26-9-3-1-4-10-26)50-39(52-40)27-11-5-2-6-12-27/h1-23H. The summed E-state index contributed by atoms with van der Waals surface area (Å²) in [6.45, 7) is 0. The summed E-state index contributed by atoms with van der Waals surface area (Å²) in [6, 6.07) is 39.3. The molecule has 0 radical (unpaired) electrons. The van der Waals surface area contributed by atoms with Gasteiger partial charge in [-0.25, -0.2) is 15.0 Å². The molecule has 0 aliphatic rings. The van der Waals surface area contributed by atoms with E-state index in [9.17, 15) is 31.6 Å². The molecule has 0 fully saturated rings. The summed E-state index contributed by atoms with van der Waals surface area (Å²) < 4.78 is 85.8. The van der Waals surface area contributed by atoms with Crippen LogP contribution in [-0.2, 0) is 12.4 Å². The predicted octanol–water partition coefficient (Wildman–Crippen LogP) is 11.5. The fraction of sp³-hybridized carbons (Fsp3) is 0.0476. The molecule has 0 bridgehead atoms. The highest BCUT2D eigenvalue weighted by Gasteiger charge is 2.37. The number of hydrogen-bond donors (Lipinski definition) is 0. The number of hydrogen-bond acceptors (Lipinski definition) is 4. The summed E-state index contributed by atoms with van der Waals surface area (Å²) in [5.41, 5.74) is 0.925. The highest BCUT2D eigenvalue weighted by atomic mass is 19.4. The van der Waals surface area contributed by atoms with Crippen LogP contribution >= 0.6 is 0 Å². The van der Waals surface area contributed by atoms with Gasteiger partial charge in [-0.05, 0) is 65.7 Å². The van der Waals surface area contributed by atoms with Crippen molar-refractivity contribution in [3.05, 3.63) is 156 Å². The molecule has 0 saturated carbocycles. The van der Waals surface area contributed by atoms with Crippen molar-refractivity contribution in [2.75, 3.05) is 0 Å². The smallest absolute Gasteiger partial charge is 0.308 e. The number of fused-ring (bicyclic) bond motifs is 3. The number of nitrogens with zero attached hydrogens (tertiary/aromatic N) is 5. The van der Waals surface area contributed by atoms with Crippen molar-refractivity contribution in [3.8, 4) is 57.0 Å². The Bertz CT molecular complexity index is 2620. The number of para-hydroxylation sites is 1. The SMILES string of the molecule is N#Cc1ccc2c(c1)c1ccccc1n2-c1cc(-c2cc(C(F)(F)F)cc(C(F)(F)F)c2)ccc1-c1nc(-c2ccccc2)nc(-c2ccccc2)n1. The van der Waals surface area contributed by atoms with Gasteiger partial charge in [0.1, 0.15) is 0 Å². The van der Waals surface area contributed by atoms with Crippen LogP contribution in [0.15, 0.2) is 140 Å². The largest absolute Gasteiger partial charge is 0.416 e. The van der Waals surface area contributed by atoms with Gasteiger partial charge in [-0.2, -0.15) is 31.6 Å². The molecule has 2 heterocycles. The van der Waals surface area contributed by atoms with E-state index in [1.807, 2.05) is 89.5 Å². The molecule has 8 rings (SSSR count). The average Bonchev–Trinajstić information content (AvgIpc) is 3.50. The lowest BCUT2D eigenvalue weighted by Crippen LogP contribution is -2.11. The van der Waals surface area contributed by atoms with Crippen molar-refractivity contribution in [1.82, 2.24) is 19.5 Å². The van der Waals surface area contributed by atoms with Gasteiger partial charge in [0.2, 0.25) is 0 Å². The molecule has 0 unspecified atom stereocenters. The summed E-state index contributed by atoms with van der Waals surface area (Å²) in [4.78, 5) is 14.5. The van der Waals surface area contributed by atoms with Crippen molar-refractivity contribution in [2.24, 2.45) is 0 Å². The van der Waals surface area contributed by atoms with Crippen LogP contribution in [0.5, 0.6) is 0 Å². The first-order valence-electron chi connectivity index (χ1n) is 16.2. The Labute approximate surface area is 298 Å². The molecule has 0 saturated heterocycles. The van der Waals surface area contributed by atoms with E-state index in [0.717, 1.165) is 10.8 Å². The molecule has 258 valence electrons. The van der Waals surface area contributed by atoms with Gasteiger partial charge in [0.15, 0.2) is 17.5 Å². The van der Waals surface area contributed by atoms with Gasteiger partial charge in [-0.1, -0.05) is 84.9 Å². The minimum absolute atomic E-state index is 0.0977. The predicted molar refractivity (Wildman–Crippen MR) is 191 cm³/mol. The van der Waals surface area contributed by atoms with Crippen molar-refractivity contribution >= 4 is 21.8 Å². The van der Waals surface area contributed by atoms with Gasteiger partial charge in [0.05, 0.1) is 39.5 Å². The average molecular weight is 712 g/mol. The summed E-state index contributed by atoms with van der Waals surface area (Å²) in [5.74, 6) is 0.940. The maximum atomic E-state index is 14.0. The van der Waals surface area contributed by atoms with E-state index in [0.29, 0.717) is 62.8 Å². The Balaban J connectivity index is 1.46. The molecule has 0 amide bonds. The van der Waals surface area contributed by atoms with Crippen LogP contribution in [0.2, 0.25) is 0 Å². The van der Waals surface area contributed by atoms with Crippen molar-refractivity contribution in [3.63, 3.8) is 0 Å². The van der Waals surface area contributed by atoms with Crippen molar-refractivity contribution in [1.29, 1.82) is 5.26 Å². The van der Waals surface area contributed by atoms with E-state index >= 15 is 0 Å². The lowest BCUT2D eigenvalue weighted by molar-refractivity contribution is -0.143. The van der Waals surface area contributed by atoms with E-state index in [-0.39, 0.29) is 23.0 Å². The first kappa shape index (κ1) is 33.3. The van der Waals surface area contributed by atoms with Crippen LogP contribution in [-0.4, -0.2) is 19.5 Å². The molecule has 0 N–H and O–H groups in total. The first-order chi connectivity index (χ1) is 25.5. The van der Waals surface area contributed by atoms with E-state index in [4.69, 9.17) is 15.0 Å². The zero-order valence-corrected chi connectivity index (χ0v) is 27.3. The molecule has 8 aromatic rings. The van der Waals surface area contributed by atoms with Crippen LogP contribution in [0.1, 0.15) is 16.7 Å². The fourth-order valence-electron chi connectivity index (χ4n) is 6.44. The van der Waals surface area contributed by atoms with Crippen LogP contribution in [0, 0.1) is 11.3 Å². The highest BCUT2D eigenvalue weighted by Crippen LogP contribution is 2.42. The van der Waals surface area contributed by atoms with Crippen LogP contribution in [0.3, 0.4) is 0 Å². The number of alkyl halides is 6. The maximum absolute atomic E-state index is 14.0. The Morgan fingerprint density at radius 3 is 1.60 bits per heavy atom. The minimum atomic E-state index is -5.03. The number of nitriles is 1. The lowest BCUT2D eigenvalue weighted by Gasteiger charge is -2.18. The van der Waals surface area contributed by atoms with Crippen molar-refractivity contribution in [2.45, 2.75) is 12.4 Å². The van der Waals surface area contributed by atoms with E-state index in [1.165, 1.54) is 6.07 Å². The monoisotopic (exact) mass is 711 g/mol. The van der Waals surface area contributed by atoms with Crippen molar-refractivity contribution < 1.29 is 26.3 Å². The highest BCUT2D eigenvalue weighted by molar-refractivity contribution is 6.10. The van der Waals surface area contributed by atoms with Gasteiger partial charge < -0.3 is 4.57 Å². The number of aromatic nitrogens is 4. The molecule has 0 aliphatic carbocycles. The second kappa shape index (κ2) is 12.8. The van der Waals surface area contributed by atoms with Crippen LogP contribution < -0.4 is 0 Å². The van der Waals surface area contributed by atoms with Gasteiger partial charge in [-0.3, -0.25) is 0 Å². The van der Waals surface area contributed by atoms with Gasteiger partial charge in [-0.15, -0.1) is 0 Å². The molecule has 2 aromatic heterocycles. The number of halogens is 6. The third kappa shape index (κ3) is 6.25. The molecular weight excluding hydrogens is 688 g/mol. The fourth-order valence-corrected chi connectivity index (χ4v) is 6.44. The quantitative estimate of drug-likeness (QED) is 0.167. The topological polar surface area (TPSA) is 67.4 Å². The molecule has 0 atom stereocenters.